The van der Waals surface area contributed by atoms with Crippen molar-refractivity contribution in [2.45, 2.75) is 13.8 Å². The van der Waals surface area contributed by atoms with Crippen LogP contribution in [0.2, 0.25) is 0 Å². The second kappa shape index (κ2) is 5.48. The highest BCUT2D eigenvalue weighted by Gasteiger charge is 2.20. The lowest BCUT2D eigenvalue weighted by atomic mass is 10.1. The minimum atomic E-state index is -0.101. The molecule has 4 heteroatoms. The van der Waals surface area contributed by atoms with Crippen LogP contribution in [0.5, 0.6) is 5.75 Å². The number of nitrogens with one attached hydrogen (secondary N) is 1. The first-order valence-electron chi connectivity index (χ1n) is 7.08. The van der Waals surface area contributed by atoms with E-state index < -0.39 is 0 Å². The second-order valence-electron chi connectivity index (χ2n) is 5.22. The zero-order valence-corrected chi connectivity index (χ0v) is 12.5. The number of phenolic OH excluding ortho intramolecular Hbond substituents is 1. The molecule has 110 valence electrons. The molecule has 0 fully saturated rings. The van der Waals surface area contributed by atoms with Gasteiger partial charge in [-0.15, -0.1) is 0 Å². The fraction of sp³-hybridized carbons (Fsp3) is 0.111. The van der Waals surface area contributed by atoms with Gasteiger partial charge in [-0.25, -0.2) is 14.3 Å². The van der Waals surface area contributed by atoms with E-state index in [0.717, 1.165) is 22.8 Å². The fourth-order valence-corrected chi connectivity index (χ4v) is 2.74. The van der Waals surface area contributed by atoms with E-state index in [1.807, 2.05) is 60.9 Å². The van der Waals surface area contributed by atoms with Gasteiger partial charge < -0.3 is 5.11 Å². The minimum Gasteiger partial charge on any atom is -0.508 e. The van der Waals surface area contributed by atoms with E-state index in [9.17, 15) is 9.90 Å². The van der Waals surface area contributed by atoms with Crippen LogP contribution >= 0.6 is 0 Å². The van der Waals surface area contributed by atoms with Crippen molar-refractivity contribution in [1.82, 2.24) is 4.98 Å². The van der Waals surface area contributed by atoms with E-state index in [2.05, 4.69) is 4.98 Å². The highest BCUT2D eigenvalue weighted by molar-refractivity contribution is 5.63. The number of aromatic amines is 1. The van der Waals surface area contributed by atoms with Gasteiger partial charge in [0.05, 0.1) is 0 Å². The lowest BCUT2D eigenvalue weighted by molar-refractivity contribution is -0.612. The largest absolute Gasteiger partial charge is 0.508 e. The normalized spacial score (nSPS) is 10.6. The summed E-state index contributed by atoms with van der Waals surface area (Å²) >= 11 is 0. The molecule has 0 bridgehead atoms. The summed E-state index contributed by atoms with van der Waals surface area (Å²) in [4.78, 5) is 15.3. The molecular weight excluding hydrogens is 276 g/mol. The van der Waals surface area contributed by atoms with Crippen LogP contribution in [0.1, 0.15) is 11.5 Å². The van der Waals surface area contributed by atoms with Crippen LogP contribution in [0, 0.1) is 13.8 Å². The van der Waals surface area contributed by atoms with Crippen molar-refractivity contribution in [3.63, 3.8) is 0 Å². The number of nitrogens with zero attached hydrogens (tertiary/aromatic N) is 1. The Morgan fingerprint density at radius 1 is 0.955 bits per heavy atom. The van der Waals surface area contributed by atoms with E-state index in [1.54, 1.807) is 12.1 Å². The lowest BCUT2D eigenvalue weighted by Gasteiger charge is -2.10. The van der Waals surface area contributed by atoms with Crippen molar-refractivity contribution in [1.29, 1.82) is 0 Å². The van der Waals surface area contributed by atoms with E-state index >= 15 is 0 Å². The van der Waals surface area contributed by atoms with Crippen LogP contribution < -0.4 is 10.1 Å². The van der Waals surface area contributed by atoms with Crippen LogP contribution in [0.4, 0.5) is 0 Å². The monoisotopic (exact) mass is 293 g/mol. The molecule has 1 heterocycles. The molecule has 3 rings (SSSR count). The second-order valence-corrected chi connectivity index (χ2v) is 5.22. The molecule has 0 spiro atoms. The maximum Gasteiger partial charge on any atom is 0.343 e. The van der Waals surface area contributed by atoms with Gasteiger partial charge in [-0.1, -0.05) is 30.3 Å². The van der Waals surface area contributed by atoms with Gasteiger partial charge in [0.25, 0.3) is 5.82 Å². The van der Waals surface area contributed by atoms with Gasteiger partial charge in [0, 0.05) is 6.92 Å². The third-order valence-corrected chi connectivity index (χ3v) is 3.72. The summed E-state index contributed by atoms with van der Waals surface area (Å²) in [5.41, 5.74) is 3.18. The smallest absolute Gasteiger partial charge is 0.343 e. The Kier molecular flexibility index (Phi) is 3.51. The molecule has 0 unspecified atom stereocenters. The van der Waals surface area contributed by atoms with Gasteiger partial charge in [0.1, 0.15) is 22.7 Å². The molecule has 3 aromatic rings. The SMILES string of the molecule is Cc1[nH]c(=O)c(-c2ccccc2)c(C)[n+]1-c1ccc(O)cc1. The number of rotatable bonds is 2. The number of aryl methyl sites for hydroxylation is 1. The third kappa shape index (κ3) is 2.39. The molecule has 2 N–H and O–H groups in total. The molecule has 0 aliphatic carbocycles. The molecule has 0 aliphatic heterocycles. The molecule has 0 amide bonds. The van der Waals surface area contributed by atoms with Crippen molar-refractivity contribution >= 4 is 0 Å². The molecule has 0 radical (unpaired) electrons. The van der Waals surface area contributed by atoms with Crippen molar-refractivity contribution < 1.29 is 9.67 Å². The van der Waals surface area contributed by atoms with E-state index in [-0.39, 0.29) is 11.3 Å². The van der Waals surface area contributed by atoms with Crippen LogP contribution in [-0.2, 0) is 0 Å². The summed E-state index contributed by atoms with van der Waals surface area (Å²) in [6.07, 6.45) is 0. The van der Waals surface area contributed by atoms with Crippen molar-refractivity contribution in [2.75, 3.05) is 0 Å². The summed E-state index contributed by atoms with van der Waals surface area (Å²) < 4.78 is 1.98. The first-order chi connectivity index (χ1) is 10.6. The molecule has 22 heavy (non-hydrogen) atoms. The summed E-state index contributed by atoms with van der Waals surface area (Å²) in [6, 6.07) is 16.5. The molecule has 0 atom stereocenters. The van der Waals surface area contributed by atoms with Gasteiger partial charge >= 0.3 is 5.56 Å². The predicted octanol–water partition coefficient (Wildman–Crippen LogP) is 2.64. The Morgan fingerprint density at radius 3 is 2.23 bits per heavy atom. The van der Waals surface area contributed by atoms with Crippen molar-refractivity contribution in [3.8, 4) is 22.6 Å². The Hall–Kier alpha value is -2.88. The molecule has 0 aliphatic rings. The zero-order chi connectivity index (χ0) is 15.7. The number of phenols is 1. The molecule has 4 nitrogen and oxygen atoms in total. The summed E-state index contributed by atoms with van der Waals surface area (Å²) in [6.45, 7) is 3.79. The van der Waals surface area contributed by atoms with E-state index in [0.29, 0.717) is 5.56 Å². The van der Waals surface area contributed by atoms with Gasteiger partial charge in [0.15, 0.2) is 0 Å². The standard InChI is InChI=1S/C18H16N2O2/c1-12-17(14-6-4-3-5-7-14)18(22)19-13(2)20(12)15-8-10-16(21)11-9-15/h3-11,21H,1-2H3/p+1. The van der Waals surface area contributed by atoms with Gasteiger partial charge in [-0.3, -0.25) is 0 Å². The first-order valence-corrected chi connectivity index (χ1v) is 7.08. The molecule has 0 saturated carbocycles. The number of hydrogen-bond acceptors (Lipinski definition) is 2. The topological polar surface area (TPSA) is 57.0 Å². The lowest BCUT2D eigenvalue weighted by Crippen LogP contribution is -2.42. The highest BCUT2D eigenvalue weighted by Crippen LogP contribution is 2.18. The fourth-order valence-electron chi connectivity index (χ4n) is 2.74. The maximum absolute atomic E-state index is 12.4. The Bertz CT molecular complexity index is 866. The van der Waals surface area contributed by atoms with Gasteiger partial charge in [0.2, 0.25) is 0 Å². The Balaban J connectivity index is 2.29. The average molecular weight is 293 g/mol. The number of hydrogen-bond donors (Lipinski definition) is 2. The number of H-pyrrole nitrogens is 1. The quantitative estimate of drug-likeness (QED) is 0.714. The molecule has 1 aromatic heterocycles. The number of aromatic hydroxyl groups is 1. The van der Waals surface area contributed by atoms with Crippen LogP contribution in [-0.4, -0.2) is 10.1 Å². The molecule has 0 saturated heterocycles. The third-order valence-electron chi connectivity index (χ3n) is 3.72. The average Bonchev–Trinajstić information content (AvgIpc) is 2.50. The maximum atomic E-state index is 12.4. The minimum absolute atomic E-state index is 0.101. The summed E-state index contributed by atoms with van der Waals surface area (Å²) in [5.74, 6) is 0.959. The summed E-state index contributed by atoms with van der Waals surface area (Å²) in [7, 11) is 0. The molecular formula is C18H17N2O2+. The van der Waals surface area contributed by atoms with E-state index in [1.165, 1.54) is 0 Å². The highest BCUT2D eigenvalue weighted by atomic mass is 16.3. The first kappa shape index (κ1) is 14.1. The van der Waals surface area contributed by atoms with Crippen LogP contribution in [0.25, 0.3) is 16.8 Å². The summed E-state index contributed by atoms with van der Waals surface area (Å²) in [5, 5.41) is 9.45. The zero-order valence-electron chi connectivity index (χ0n) is 12.5. The Morgan fingerprint density at radius 2 is 1.59 bits per heavy atom. The number of aromatic nitrogens is 2. The van der Waals surface area contributed by atoms with Gasteiger partial charge in [-0.05, 0) is 36.8 Å². The molecule has 2 aromatic carbocycles. The Labute approximate surface area is 128 Å². The van der Waals surface area contributed by atoms with Gasteiger partial charge in [-0.2, -0.15) is 0 Å². The van der Waals surface area contributed by atoms with Crippen LogP contribution in [0.15, 0.2) is 59.4 Å². The van der Waals surface area contributed by atoms with Crippen molar-refractivity contribution in [3.05, 3.63) is 76.5 Å². The van der Waals surface area contributed by atoms with E-state index in [4.69, 9.17) is 0 Å². The predicted molar refractivity (Wildman–Crippen MR) is 85.2 cm³/mol. The van der Waals surface area contributed by atoms with Crippen molar-refractivity contribution in [2.24, 2.45) is 0 Å². The number of benzene rings is 2. The van der Waals surface area contributed by atoms with Crippen LogP contribution in [0.3, 0.4) is 0 Å².